The van der Waals surface area contributed by atoms with Crippen LogP contribution in [0, 0.1) is 0 Å². The number of nitrogens with zero attached hydrogens (tertiary/aromatic N) is 1. The highest BCUT2D eigenvalue weighted by atomic mass is 16.3. The Morgan fingerprint density at radius 3 is 2.67 bits per heavy atom. The molecule has 0 bridgehead atoms. The summed E-state index contributed by atoms with van der Waals surface area (Å²) in [6, 6.07) is 8.99. The van der Waals surface area contributed by atoms with Crippen molar-refractivity contribution in [3.8, 4) is 0 Å². The van der Waals surface area contributed by atoms with Gasteiger partial charge in [0.15, 0.2) is 0 Å². The average molecular weight is 245 g/mol. The molecule has 1 aliphatic heterocycles. The van der Waals surface area contributed by atoms with E-state index in [0.29, 0.717) is 5.41 Å². The second kappa shape index (κ2) is 4.67. The van der Waals surface area contributed by atoms with Gasteiger partial charge in [-0.3, -0.25) is 0 Å². The Bertz CT molecular complexity index is 419. The number of benzene rings is 1. The first-order chi connectivity index (χ1) is 8.70. The largest absolute Gasteiger partial charge is 0.392 e. The van der Waals surface area contributed by atoms with Crippen LogP contribution >= 0.6 is 0 Å². The predicted molar refractivity (Wildman–Crippen MR) is 73.8 cm³/mol. The highest BCUT2D eigenvalue weighted by Crippen LogP contribution is 2.45. The topological polar surface area (TPSA) is 23.5 Å². The predicted octanol–water partition coefficient (Wildman–Crippen LogP) is 2.35. The Morgan fingerprint density at radius 2 is 1.94 bits per heavy atom. The van der Waals surface area contributed by atoms with Crippen LogP contribution in [-0.4, -0.2) is 35.7 Å². The zero-order chi connectivity index (χ0) is 12.6. The van der Waals surface area contributed by atoms with E-state index in [-0.39, 0.29) is 6.10 Å². The number of β-amino-alcohol motifs (C(OH)–C–C–N with tert-alkyl or cyclic N) is 1. The van der Waals surface area contributed by atoms with Crippen molar-refractivity contribution in [2.75, 3.05) is 19.6 Å². The van der Waals surface area contributed by atoms with Gasteiger partial charge in [-0.05, 0) is 62.2 Å². The Morgan fingerprint density at radius 1 is 1.22 bits per heavy atom. The van der Waals surface area contributed by atoms with Gasteiger partial charge in [0, 0.05) is 6.54 Å². The van der Waals surface area contributed by atoms with Gasteiger partial charge in [-0.25, -0.2) is 0 Å². The van der Waals surface area contributed by atoms with E-state index in [1.165, 1.54) is 25.7 Å². The van der Waals surface area contributed by atoms with Crippen LogP contribution in [0.4, 0.5) is 0 Å². The van der Waals surface area contributed by atoms with Crippen molar-refractivity contribution in [3.05, 3.63) is 35.4 Å². The Hall–Kier alpha value is -0.860. The minimum atomic E-state index is -0.199. The Kier molecular flexibility index (Phi) is 3.16. The molecule has 18 heavy (non-hydrogen) atoms. The van der Waals surface area contributed by atoms with Gasteiger partial charge in [-0.2, -0.15) is 0 Å². The fourth-order valence-corrected chi connectivity index (χ4v) is 3.82. The highest BCUT2D eigenvalue weighted by molar-refractivity contribution is 5.39. The summed E-state index contributed by atoms with van der Waals surface area (Å²) in [5.41, 5.74) is 3.63. The molecule has 2 nitrogen and oxygen atoms in total. The maximum Gasteiger partial charge on any atom is 0.0639 e. The lowest BCUT2D eigenvalue weighted by Crippen LogP contribution is -2.43. The molecule has 0 aromatic heterocycles. The molecule has 1 N–H and O–H groups in total. The van der Waals surface area contributed by atoms with Gasteiger partial charge >= 0.3 is 0 Å². The molecule has 1 aromatic carbocycles. The number of aliphatic hydroxyl groups excluding tert-OH is 1. The number of hydrogen-bond donors (Lipinski definition) is 1. The van der Waals surface area contributed by atoms with Crippen LogP contribution in [0.25, 0.3) is 0 Å². The molecule has 0 saturated carbocycles. The molecule has 2 aliphatic rings. The Balaban J connectivity index is 1.73. The molecule has 0 amide bonds. The van der Waals surface area contributed by atoms with Gasteiger partial charge in [0.2, 0.25) is 0 Å². The van der Waals surface area contributed by atoms with Crippen LogP contribution in [-0.2, 0) is 11.8 Å². The Labute approximate surface area is 110 Å². The summed E-state index contributed by atoms with van der Waals surface area (Å²) in [5, 5.41) is 9.48. The van der Waals surface area contributed by atoms with Crippen molar-refractivity contribution >= 4 is 0 Å². The van der Waals surface area contributed by atoms with Crippen LogP contribution < -0.4 is 0 Å². The quantitative estimate of drug-likeness (QED) is 0.864. The number of aliphatic hydroxyl groups is 1. The molecule has 0 radical (unpaired) electrons. The maximum absolute atomic E-state index is 9.48. The molecule has 2 heteroatoms. The van der Waals surface area contributed by atoms with Gasteiger partial charge in [-0.1, -0.05) is 24.3 Å². The molecule has 1 fully saturated rings. The molecular formula is C16H23NO. The fourth-order valence-electron chi connectivity index (χ4n) is 3.82. The van der Waals surface area contributed by atoms with Crippen LogP contribution in [0.2, 0.25) is 0 Å². The van der Waals surface area contributed by atoms with Gasteiger partial charge in [0.1, 0.15) is 0 Å². The first-order valence-electron chi connectivity index (χ1n) is 7.18. The van der Waals surface area contributed by atoms with Gasteiger partial charge in [-0.15, -0.1) is 0 Å². The van der Waals surface area contributed by atoms with Crippen LogP contribution in [0.15, 0.2) is 24.3 Å². The molecule has 1 atom stereocenters. The normalized spacial score (nSPS) is 24.1. The highest BCUT2D eigenvalue weighted by Gasteiger charge is 2.40. The monoisotopic (exact) mass is 245 g/mol. The second-order valence-corrected chi connectivity index (χ2v) is 6.09. The van der Waals surface area contributed by atoms with Gasteiger partial charge in [0.05, 0.1) is 6.10 Å². The molecule has 1 aromatic rings. The minimum Gasteiger partial charge on any atom is -0.392 e. The molecule has 98 valence electrons. The standard InChI is InChI=1S/C16H23NO/c1-13(18)12-17-10-8-16(9-11-17)7-6-14-4-2-3-5-15(14)16/h2-5,13,18H,6-12H2,1H3. The van der Waals surface area contributed by atoms with Gasteiger partial charge in [0.25, 0.3) is 0 Å². The third kappa shape index (κ3) is 2.08. The fraction of sp³-hybridized carbons (Fsp3) is 0.625. The van der Waals surface area contributed by atoms with Gasteiger partial charge < -0.3 is 10.0 Å². The number of likely N-dealkylation sites (tertiary alicyclic amines) is 1. The first-order valence-corrected chi connectivity index (χ1v) is 7.18. The lowest BCUT2D eigenvalue weighted by molar-refractivity contribution is 0.0907. The molecule has 1 heterocycles. The van der Waals surface area contributed by atoms with E-state index < -0.39 is 0 Å². The third-order valence-corrected chi connectivity index (χ3v) is 4.80. The summed E-state index contributed by atoms with van der Waals surface area (Å²) in [6.45, 7) is 4.99. The SMILES string of the molecule is CC(O)CN1CCC2(CCc3ccccc32)CC1. The van der Waals surface area contributed by atoms with E-state index in [0.717, 1.165) is 19.6 Å². The summed E-state index contributed by atoms with van der Waals surface area (Å²) in [4.78, 5) is 2.41. The van der Waals surface area contributed by atoms with E-state index in [1.807, 2.05) is 6.92 Å². The van der Waals surface area contributed by atoms with E-state index in [1.54, 1.807) is 11.1 Å². The summed E-state index contributed by atoms with van der Waals surface area (Å²) in [6.07, 6.45) is 4.91. The summed E-state index contributed by atoms with van der Waals surface area (Å²) in [5.74, 6) is 0. The minimum absolute atomic E-state index is 0.199. The smallest absolute Gasteiger partial charge is 0.0639 e. The molecule has 1 saturated heterocycles. The number of aryl methyl sites for hydroxylation is 1. The van der Waals surface area contributed by atoms with Crippen molar-refractivity contribution in [1.29, 1.82) is 0 Å². The van der Waals surface area contributed by atoms with Crippen molar-refractivity contribution in [3.63, 3.8) is 0 Å². The number of rotatable bonds is 2. The zero-order valence-electron chi connectivity index (χ0n) is 11.2. The number of piperidine rings is 1. The maximum atomic E-state index is 9.48. The lowest BCUT2D eigenvalue weighted by atomic mass is 9.74. The van der Waals surface area contributed by atoms with Crippen molar-refractivity contribution in [1.82, 2.24) is 4.90 Å². The van der Waals surface area contributed by atoms with E-state index in [2.05, 4.69) is 29.2 Å². The van der Waals surface area contributed by atoms with Crippen LogP contribution in [0.1, 0.15) is 37.3 Å². The molecule has 3 rings (SSSR count). The summed E-state index contributed by atoms with van der Waals surface area (Å²) < 4.78 is 0. The van der Waals surface area contributed by atoms with E-state index in [9.17, 15) is 5.11 Å². The van der Waals surface area contributed by atoms with Crippen molar-refractivity contribution in [2.24, 2.45) is 0 Å². The number of hydrogen-bond acceptors (Lipinski definition) is 2. The summed E-state index contributed by atoms with van der Waals surface area (Å²) in [7, 11) is 0. The molecule has 1 spiro atoms. The molecule has 1 unspecified atom stereocenters. The lowest BCUT2D eigenvalue weighted by Gasteiger charge is -2.40. The second-order valence-electron chi connectivity index (χ2n) is 6.09. The van der Waals surface area contributed by atoms with Crippen LogP contribution in [0.3, 0.4) is 0 Å². The number of fused-ring (bicyclic) bond motifs is 2. The average Bonchev–Trinajstić information content (AvgIpc) is 2.72. The van der Waals surface area contributed by atoms with E-state index in [4.69, 9.17) is 0 Å². The van der Waals surface area contributed by atoms with Crippen molar-refractivity contribution in [2.45, 2.75) is 44.1 Å². The third-order valence-electron chi connectivity index (χ3n) is 4.80. The molecule has 1 aliphatic carbocycles. The van der Waals surface area contributed by atoms with E-state index >= 15 is 0 Å². The van der Waals surface area contributed by atoms with Crippen molar-refractivity contribution < 1.29 is 5.11 Å². The first kappa shape index (κ1) is 12.2. The summed E-state index contributed by atoms with van der Waals surface area (Å²) >= 11 is 0. The molecular weight excluding hydrogens is 222 g/mol. The zero-order valence-corrected chi connectivity index (χ0v) is 11.2. The van der Waals surface area contributed by atoms with Crippen LogP contribution in [0.5, 0.6) is 0 Å².